The summed E-state index contributed by atoms with van der Waals surface area (Å²) in [5.74, 6) is -0.0520. The molecule has 0 saturated heterocycles. The first-order valence-corrected chi connectivity index (χ1v) is 7.23. The second-order valence-corrected chi connectivity index (χ2v) is 5.15. The van der Waals surface area contributed by atoms with E-state index in [1.165, 1.54) is 31.3 Å². The average Bonchev–Trinajstić information content (AvgIpc) is 2.46. The van der Waals surface area contributed by atoms with Gasteiger partial charge in [0.05, 0.1) is 0 Å². The number of nitrogens with two attached hydrogens (primary N) is 1. The van der Waals surface area contributed by atoms with Gasteiger partial charge in [-0.2, -0.15) is 0 Å². The smallest absolute Gasteiger partial charge is 0.244 e. The maximum atomic E-state index is 11.7. The van der Waals surface area contributed by atoms with Crippen LogP contribution in [0.25, 0.3) is 6.08 Å². The summed E-state index contributed by atoms with van der Waals surface area (Å²) in [6.45, 7) is 0.714. The number of amides is 1. The molecule has 1 aromatic carbocycles. The standard InChI is InChI=1S/C17H22N2O/c18-16-8-4-7-15(13-16)9-10-17(20)19-12-11-14-5-2-1-3-6-14/h4-5,7-10,13H,1-3,6,11-12,18H2,(H,19,20)/b10-9+. The molecule has 1 aliphatic rings. The van der Waals surface area contributed by atoms with Gasteiger partial charge in [0, 0.05) is 18.3 Å². The van der Waals surface area contributed by atoms with Gasteiger partial charge >= 0.3 is 0 Å². The summed E-state index contributed by atoms with van der Waals surface area (Å²) in [6, 6.07) is 7.47. The zero-order valence-electron chi connectivity index (χ0n) is 11.8. The molecule has 3 nitrogen and oxygen atoms in total. The van der Waals surface area contributed by atoms with Gasteiger partial charge in [-0.05, 0) is 55.9 Å². The number of carbonyl (C=O) groups is 1. The topological polar surface area (TPSA) is 55.1 Å². The van der Waals surface area contributed by atoms with Gasteiger partial charge in [-0.3, -0.25) is 4.79 Å². The van der Waals surface area contributed by atoms with Crippen molar-refractivity contribution in [3.05, 3.63) is 47.6 Å². The van der Waals surface area contributed by atoms with Crippen molar-refractivity contribution in [2.75, 3.05) is 12.3 Å². The Hall–Kier alpha value is -2.03. The van der Waals surface area contributed by atoms with Crippen LogP contribution in [0.5, 0.6) is 0 Å². The van der Waals surface area contributed by atoms with Gasteiger partial charge in [0.1, 0.15) is 0 Å². The number of allylic oxidation sites excluding steroid dienone is 1. The van der Waals surface area contributed by atoms with Crippen molar-refractivity contribution >= 4 is 17.7 Å². The van der Waals surface area contributed by atoms with Gasteiger partial charge in [0.2, 0.25) is 5.91 Å². The number of rotatable bonds is 5. The first-order chi connectivity index (χ1) is 9.74. The quantitative estimate of drug-likeness (QED) is 0.490. The summed E-state index contributed by atoms with van der Waals surface area (Å²) in [6.07, 6.45) is 11.6. The van der Waals surface area contributed by atoms with E-state index in [1.54, 1.807) is 12.2 Å². The minimum absolute atomic E-state index is 0.0520. The minimum Gasteiger partial charge on any atom is -0.399 e. The van der Waals surface area contributed by atoms with Crippen molar-refractivity contribution < 1.29 is 4.79 Å². The molecule has 0 saturated carbocycles. The van der Waals surface area contributed by atoms with E-state index in [2.05, 4.69) is 11.4 Å². The number of nitrogen functional groups attached to an aromatic ring is 1. The van der Waals surface area contributed by atoms with Crippen molar-refractivity contribution in [3.63, 3.8) is 0 Å². The molecule has 1 amide bonds. The van der Waals surface area contributed by atoms with Crippen LogP contribution in [-0.2, 0) is 4.79 Å². The summed E-state index contributed by atoms with van der Waals surface area (Å²) >= 11 is 0. The van der Waals surface area contributed by atoms with E-state index in [-0.39, 0.29) is 5.91 Å². The Balaban J connectivity index is 1.73. The molecule has 1 aromatic rings. The molecule has 0 spiro atoms. The molecule has 0 fully saturated rings. The SMILES string of the molecule is Nc1cccc(/C=C/C(=O)NCCC2=CCCCC2)c1. The van der Waals surface area contributed by atoms with Crippen molar-refractivity contribution in [3.8, 4) is 0 Å². The molecule has 3 heteroatoms. The van der Waals surface area contributed by atoms with Gasteiger partial charge in [-0.15, -0.1) is 0 Å². The molecular formula is C17H22N2O. The molecule has 0 atom stereocenters. The Kier molecular flexibility index (Phi) is 5.42. The molecule has 106 valence electrons. The lowest BCUT2D eigenvalue weighted by atomic mass is 9.97. The third kappa shape index (κ3) is 4.92. The van der Waals surface area contributed by atoms with E-state index >= 15 is 0 Å². The average molecular weight is 270 g/mol. The van der Waals surface area contributed by atoms with Gasteiger partial charge in [0.15, 0.2) is 0 Å². The highest BCUT2D eigenvalue weighted by molar-refractivity contribution is 5.91. The van der Waals surface area contributed by atoms with Crippen LogP contribution in [0.15, 0.2) is 42.0 Å². The van der Waals surface area contributed by atoms with E-state index in [0.29, 0.717) is 12.2 Å². The maximum absolute atomic E-state index is 11.7. The lowest BCUT2D eigenvalue weighted by Gasteiger charge is -2.12. The first kappa shape index (κ1) is 14.4. The highest BCUT2D eigenvalue weighted by Gasteiger charge is 2.03. The Morgan fingerprint density at radius 2 is 2.25 bits per heavy atom. The van der Waals surface area contributed by atoms with Gasteiger partial charge in [0.25, 0.3) is 0 Å². The fraction of sp³-hybridized carbons (Fsp3) is 0.353. The molecule has 0 bridgehead atoms. The van der Waals surface area contributed by atoms with E-state index in [0.717, 1.165) is 12.0 Å². The van der Waals surface area contributed by atoms with Crippen LogP contribution in [0.4, 0.5) is 5.69 Å². The van der Waals surface area contributed by atoms with Crippen molar-refractivity contribution in [2.45, 2.75) is 32.1 Å². The third-order valence-corrected chi connectivity index (χ3v) is 3.47. The number of hydrogen-bond donors (Lipinski definition) is 2. The summed E-state index contributed by atoms with van der Waals surface area (Å²) in [4.78, 5) is 11.7. The lowest BCUT2D eigenvalue weighted by molar-refractivity contribution is -0.116. The Morgan fingerprint density at radius 3 is 3.00 bits per heavy atom. The molecule has 2 rings (SSSR count). The minimum atomic E-state index is -0.0520. The molecule has 0 aromatic heterocycles. The summed E-state index contributed by atoms with van der Waals surface area (Å²) < 4.78 is 0. The Bertz CT molecular complexity index is 517. The number of carbonyl (C=O) groups excluding carboxylic acids is 1. The van der Waals surface area contributed by atoms with Crippen LogP contribution < -0.4 is 11.1 Å². The predicted octanol–water partition coefficient (Wildman–Crippen LogP) is 3.29. The van der Waals surface area contributed by atoms with Gasteiger partial charge in [-0.25, -0.2) is 0 Å². The van der Waals surface area contributed by atoms with Crippen molar-refractivity contribution in [2.24, 2.45) is 0 Å². The van der Waals surface area contributed by atoms with Crippen LogP contribution in [0.1, 0.15) is 37.7 Å². The largest absolute Gasteiger partial charge is 0.399 e. The van der Waals surface area contributed by atoms with Crippen LogP contribution >= 0.6 is 0 Å². The lowest BCUT2D eigenvalue weighted by Crippen LogP contribution is -2.22. The fourth-order valence-corrected chi connectivity index (χ4v) is 2.37. The number of benzene rings is 1. The van der Waals surface area contributed by atoms with Crippen LogP contribution in [0.3, 0.4) is 0 Å². The molecule has 1 aliphatic carbocycles. The number of hydrogen-bond acceptors (Lipinski definition) is 2. The van der Waals surface area contributed by atoms with Crippen molar-refractivity contribution in [1.29, 1.82) is 0 Å². The Morgan fingerprint density at radius 1 is 1.35 bits per heavy atom. The van der Waals surface area contributed by atoms with E-state index in [9.17, 15) is 4.79 Å². The van der Waals surface area contributed by atoms with Gasteiger partial charge in [-0.1, -0.05) is 23.8 Å². The highest BCUT2D eigenvalue weighted by atomic mass is 16.1. The Labute approximate surface area is 120 Å². The summed E-state index contributed by atoms with van der Waals surface area (Å²) in [5, 5.41) is 2.92. The molecular weight excluding hydrogens is 248 g/mol. The normalized spacial score (nSPS) is 15.1. The summed E-state index contributed by atoms with van der Waals surface area (Å²) in [7, 11) is 0. The second kappa shape index (κ2) is 7.53. The molecule has 0 unspecified atom stereocenters. The fourth-order valence-electron chi connectivity index (χ4n) is 2.37. The predicted molar refractivity (Wildman–Crippen MR) is 84.1 cm³/mol. The maximum Gasteiger partial charge on any atom is 0.244 e. The molecule has 20 heavy (non-hydrogen) atoms. The third-order valence-electron chi connectivity index (χ3n) is 3.47. The summed E-state index contributed by atoms with van der Waals surface area (Å²) in [5.41, 5.74) is 8.82. The zero-order valence-corrected chi connectivity index (χ0v) is 11.8. The highest BCUT2D eigenvalue weighted by Crippen LogP contribution is 2.19. The molecule has 0 radical (unpaired) electrons. The van der Waals surface area contributed by atoms with E-state index in [1.807, 2.05) is 24.3 Å². The first-order valence-electron chi connectivity index (χ1n) is 7.23. The van der Waals surface area contributed by atoms with Crippen LogP contribution in [0, 0.1) is 0 Å². The second-order valence-electron chi connectivity index (χ2n) is 5.15. The van der Waals surface area contributed by atoms with Crippen LogP contribution in [-0.4, -0.2) is 12.5 Å². The number of nitrogens with one attached hydrogen (secondary N) is 1. The van der Waals surface area contributed by atoms with Crippen molar-refractivity contribution in [1.82, 2.24) is 5.32 Å². The van der Waals surface area contributed by atoms with Gasteiger partial charge < -0.3 is 11.1 Å². The zero-order chi connectivity index (χ0) is 14.2. The van der Waals surface area contributed by atoms with E-state index < -0.39 is 0 Å². The molecule has 3 N–H and O–H groups in total. The number of anilines is 1. The molecule has 0 heterocycles. The van der Waals surface area contributed by atoms with Crippen LogP contribution in [0.2, 0.25) is 0 Å². The monoisotopic (exact) mass is 270 g/mol. The van der Waals surface area contributed by atoms with E-state index in [4.69, 9.17) is 5.73 Å². The molecule has 0 aliphatic heterocycles.